The predicted molar refractivity (Wildman–Crippen MR) is 120 cm³/mol. The minimum Gasteiger partial charge on any atom is -0.381 e. The van der Waals surface area contributed by atoms with Crippen molar-refractivity contribution in [3.63, 3.8) is 0 Å². The maximum Gasteiger partial charge on any atom is 0.416 e. The lowest BCUT2D eigenvalue weighted by molar-refractivity contribution is -0.138. The zero-order valence-electron chi connectivity index (χ0n) is 19.3. The minimum atomic E-state index is -4.38. The van der Waals surface area contributed by atoms with E-state index in [2.05, 4.69) is 17.2 Å². The Kier molecular flexibility index (Phi) is 7.79. The van der Waals surface area contributed by atoms with E-state index in [1.165, 1.54) is 6.20 Å². The van der Waals surface area contributed by atoms with Crippen LogP contribution in [-0.2, 0) is 15.7 Å². The van der Waals surface area contributed by atoms with Gasteiger partial charge in [0.1, 0.15) is 5.82 Å². The van der Waals surface area contributed by atoms with Gasteiger partial charge in [0.15, 0.2) is 0 Å². The fourth-order valence-electron chi connectivity index (χ4n) is 5.27. The zero-order chi connectivity index (χ0) is 23.4. The minimum absolute atomic E-state index is 0.0586. The first-order chi connectivity index (χ1) is 15.8. The third-order valence-corrected chi connectivity index (χ3v) is 7.55. The van der Waals surface area contributed by atoms with Crippen LogP contribution in [0.1, 0.15) is 44.6 Å². The molecule has 184 valence electrons. The molecule has 1 amide bonds. The summed E-state index contributed by atoms with van der Waals surface area (Å²) in [4.78, 5) is 20.9. The SMILES string of the molecule is CC1COCCC1CNC1CCC(C(=O)N2CCN(c3cc(C(F)(F)F)ccn3)CC2)CC1. The van der Waals surface area contributed by atoms with Gasteiger partial charge in [0.05, 0.1) is 5.56 Å². The number of hydrogen-bond acceptors (Lipinski definition) is 5. The Bertz CT molecular complexity index is 790. The van der Waals surface area contributed by atoms with Crippen LogP contribution in [-0.4, -0.2) is 67.8 Å². The number of hydrogen-bond donors (Lipinski definition) is 1. The molecule has 1 aromatic rings. The van der Waals surface area contributed by atoms with E-state index in [1.54, 1.807) is 0 Å². The number of ether oxygens (including phenoxy) is 1. The summed E-state index contributed by atoms with van der Waals surface area (Å²) in [6, 6.07) is 2.55. The van der Waals surface area contributed by atoms with Gasteiger partial charge in [-0.2, -0.15) is 13.2 Å². The molecule has 9 heteroatoms. The van der Waals surface area contributed by atoms with Crippen LogP contribution in [0.2, 0.25) is 0 Å². The van der Waals surface area contributed by atoms with Gasteiger partial charge in [0, 0.05) is 57.5 Å². The standard InChI is InChI=1S/C24H35F3N4O2/c1-17-16-33-13-7-19(17)15-29-21-4-2-18(3-5-21)23(32)31-11-9-30(10-12-31)22-14-20(6-8-28-22)24(25,26)27/h6,8,14,17-19,21,29H,2-5,7,9-13,15-16H2,1H3. The molecule has 0 radical (unpaired) electrons. The van der Waals surface area contributed by atoms with Gasteiger partial charge >= 0.3 is 6.18 Å². The number of carbonyl (C=O) groups excluding carboxylic acids is 1. The molecule has 4 rings (SSSR count). The number of aromatic nitrogens is 1. The molecule has 33 heavy (non-hydrogen) atoms. The maximum atomic E-state index is 13.0. The third-order valence-electron chi connectivity index (χ3n) is 7.55. The summed E-state index contributed by atoms with van der Waals surface area (Å²) in [6.45, 7) is 7.04. The van der Waals surface area contributed by atoms with Crippen LogP contribution >= 0.6 is 0 Å². The van der Waals surface area contributed by atoms with Crippen LogP contribution in [0.15, 0.2) is 18.3 Å². The fraction of sp³-hybridized carbons (Fsp3) is 0.750. The number of alkyl halides is 3. The number of nitrogens with one attached hydrogen (secondary N) is 1. The Morgan fingerprint density at radius 1 is 1.15 bits per heavy atom. The molecule has 2 unspecified atom stereocenters. The molecule has 0 spiro atoms. The molecular formula is C24H35F3N4O2. The molecule has 1 aromatic heterocycles. The normalized spacial score (nSPS) is 29.2. The third kappa shape index (κ3) is 6.18. The second-order valence-corrected chi connectivity index (χ2v) is 9.77. The largest absolute Gasteiger partial charge is 0.416 e. The van der Waals surface area contributed by atoms with Crippen molar-refractivity contribution in [2.24, 2.45) is 17.8 Å². The van der Waals surface area contributed by atoms with E-state index in [9.17, 15) is 18.0 Å². The Morgan fingerprint density at radius 2 is 1.88 bits per heavy atom. The molecule has 2 atom stereocenters. The number of amides is 1. The van der Waals surface area contributed by atoms with Gasteiger partial charge in [-0.3, -0.25) is 4.79 Å². The average Bonchev–Trinajstić information content (AvgIpc) is 2.83. The van der Waals surface area contributed by atoms with Crippen LogP contribution in [0.5, 0.6) is 0 Å². The molecule has 0 aromatic carbocycles. The fourth-order valence-corrected chi connectivity index (χ4v) is 5.27. The highest BCUT2D eigenvalue weighted by Gasteiger charge is 2.34. The highest BCUT2D eigenvalue weighted by atomic mass is 19.4. The molecule has 2 saturated heterocycles. The van der Waals surface area contributed by atoms with E-state index < -0.39 is 11.7 Å². The van der Waals surface area contributed by atoms with Crippen LogP contribution < -0.4 is 10.2 Å². The summed E-state index contributed by atoms with van der Waals surface area (Å²) < 4.78 is 44.5. The molecule has 3 fully saturated rings. The van der Waals surface area contributed by atoms with Gasteiger partial charge in [-0.25, -0.2) is 4.98 Å². The smallest absolute Gasteiger partial charge is 0.381 e. The number of piperazine rings is 1. The van der Waals surface area contributed by atoms with Gasteiger partial charge in [0.25, 0.3) is 0 Å². The van der Waals surface area contributed by atoms with Gasteiger partial charge in [-0.1, -0.05) is 6.92 Å². The highest BCUT2D eigenvalue weighted by molar-refractivity contribution is 5.79. The first-order valence-electron chi connectivity index (χ1n) is 12.2. The van der Waals surface area contributed by atoms with Crippen molar-refractivity contribution in [1.82, 2.24) is 15.2 Å². The van der Waals surface area contributed by atoms with Crippen LogP contribution in [0.4, 0.5) is 19.0 Å². The lowest BCUT2D eigenvalue weighted by atomic mass is 9.84. The summed E-state index contributed by atoms with van der Waals surface area (Å²) in [6.07, 6.45) is 1.76. The van der Waals surface area contributed by atoms with E-state index in [0.717, 1.165) is 64.0 Å². The Labute approximate surface area is 193 Å². The topological polar surface area (TPSA) is 57.7 Å². The first-order valence-corrected chi connectivity index (χ1v) is 12.2. The van der Waals surface area contributed by atoms with E-state index >= 15 is 0 Å². The number of pyridine rings is 1. The predicted octanol–water partition coefficient (Wildman–Crippen LogP) is 3.57. The molecule has 2 aliphatic heterocycles. The summed E-state index contributed by atoms with van der Waals surface area (Å²) in [7, 11) is 0. The van der Waals surface area contributed by atoms with Gasteiger partial charge in [0.2, 0.25) is 5.91 Å². The average molecular weight is 469 g/mol. The second-order valence-electron chi connectivity index (χ2n) is 9.77. The van der Waals surface area contributed by atoms with Gasteiger partial charge in [-0.05, 0) is 62.6 Å². The molecule has 6 nitrogen and oxygen atoms in total. The van der Waals surface area contributed by atoms with E-state index in [1.807, 2.05) is 9.80 Å². The van der Waals surface area contributed by atoms with Crippen LogP contribution in [0.25, 0.3) is 0 Å². The van der Waals surface area contributed by atoms with Crippen LogP contribution in [0.3, 0.4) is 0 Å². The number of rotatable bonds is 5. The number of carbonyl (C=O) groups is 1. The van der Waals surface area contributed by atoms with Crippen molar-refractivity contribution in [3.8, 4) is 0 Å². The van der Waals surface area contributed by atoms with E-state index in [0.29, 0.717) is 49.9 Å². The van der Waals surface area contributed by atoms with Gasteiger partial charge < -0.3 is 19.9 Å². The van der Waals surface area contributed by atoms with E-state index in [-0.39, 0.29) is 11.8 Å². The number of anilines is 1. The summed E-state index contributed by atoms with van der Waals surface area (Å²) >= 11 is 0. The molecule has 1 N–H and O–H groups in total. The quantitative estimate of drug-likeness (QED) is 0.716. The second kappa shape index (κ2) is 10.6. The summed E-state index contributed by atoms with van der Waals surface area (Å²) in [5.41, 5.74) is -0.692. The molecular weight excluding hydrogens is 433 g/mol. The summed E-state index contributed by atoms with van der Waals surface area (Å²) in [5, 5.41) is 3.73. The lowest BCUT2D eigenvalue weighted by Gasteiger charge is -2.39. The summed E-state index contributed by atoms with van der Waals surface area (Å²) in [5.74, 6) is 1.84. The molecule has 1 aliphatic carbocycles. The monoisotopic (exact) mass is 468 g/mol. The Balaban J connectivity index is 1.20. The van der Waals surface area contributed by atoms with Crippen molar-refractivity contribution < 1.29 is 22.7 Å². The number of nitrogens with zero attached hydrogens (tertiary/aromatic N) is 3. The molecule has 0 bridgehead atoms. The maximum absolute atomic E-state index is 13.0. The molecule has 3 aliphatic rings. The molecule has 3 heterocycles. The number of halogens is 3. The van der Waals surface area contributed by atoms with Crippen molar-refractivity contribution in [3.05, 3.63) is 23.9 Å². The van der Waals surface area contributed by atoms with Crippen LogP contribution in [0, 0.1) is 17.8 Å². The van der Waals surface area contributed by atoms with Crippen molar-refractivity contribution >= 4 is 11.7 Å². The van der Waals surface area contributed by atoms with Crippen molar-refractivity contribution in [1.29, 1.82) is 0 Å². The zero-order valence-corrected chi connectivity index (χ0v) is 19.3. The highest BCUT2D eigenvalue weighted by Crippen LogP contribution is 2.31. The van der Waals surface area contributed by atoms with E-state index in [4.69, 9.17) is 4.74 Å². The Hall–Kier alpha value is -1.87. The first kappa shape index (κ1) is 24.3. The van der Waals surface area contributed by atoms with Gasteiger partial charge in [-0.15, -0.1) is 0 Å². The Morgan fingerprint density at radius 3 is 2.55 bits per heavy atom. The van der Waals surface area contributed by atoms with Crippen molar-refractivity contribution in [2.75, 3.05) is 50.8 Å². The van der Waals surface area contributed by atoms with Crippen molar-refractivity contribution in [2.45, 2.75) is 51.2 Å². The lowest BCUT2D eigenvalue weighted by Crippen LogP contribution is -2.51. The molecule has 1 saturated carbocycles.